The van der Waals surface area contributed by atoms with Crippen molar-refractivity contribution in [2.75, 3.05) is 19.7 Å². The van der Waals surface area contributed by atoms with Gasteiger partial charge in [-0.2, -0.15) is 0 Å². The van der Waals surface area contributed by atoms with E-state index >= 15 is 0 Å². The van der Waals surface area contributed by atoms with Gasteiger partial charge in [0, 0.05) is 13.1 Å². The third-order valence-electron chi connectivity index (χ3n) is 8.62. The van der Waals surface area contributed by atoms with Crippen molar-refractivity contribution in [1.29, 1.82) is 0 Å². The molecule has 2 aromatic rings. The average Bonchev–Trinajstić information content (AvgIpc) is 3.67. The zero-order valence-corrected chi connectivity index (χ0v) is 31.4. The number of amides is 5. The Balaban J connectivity index is 1.78. The molecule has 0 spiro atoms. The van der Waals surface area contributed by atoms with E-state index in [1.54, 1.807) is 60.7 Å². The maximum atomic E-state index is 13.9. The lowest BCUT2D eigenvalue weighted by molar-refractivity contribution is -0.147. The lowest BCUT2D eigenvalue weighted by Gasteiger charge is -2.30. The van der Waals surface area contributed by atoms with Crippen molar-refractivity contribution in [2.24, 2.45) is 16.5 Å². The molecule has 3 rings (SSSR count). The van der Waals surface area contributed by atoms with Crippen LogP contribution in [0.1, 0.15) is 49.7 Å². The van der Waals surface area contributed by atoms with E-state index in [9.17, 15) is 53.7 Å². The number of hydrogen-bond donors (Lipinski definition) is 9. The molecule has 1 heterocycles. The van der Waals surface area contributed by atoms with E-state index in [-0.39, 0.29) is 57.9 Å². The maximum Gasteiger partial charge on any atom is 0.408 e. The number of carbonyl (C=O) groups excluding carboxylic acids is 5. The van der Waals surface area contributed by atoms with E-state index in [0.29, 0.717) is 11.1 Å². The molecule has 21 nitrogen and oxygen atoms in total. The highest BCUT2D eigenvalue weighted by atomic mass is 16.5. The number of benzene rings is 2. The normalized spacial score (nSPS) is 15.4. The first-order valence-electron chi connectivity index (χ1n) is 18.2. The number of carboxylic acids is 3. The Bertz CT molecular complexity index is 1780. The van der Waals surface area contributed by atoms with Gasteiger partial charge < -0.3 is 62.4 Å². The number of likely N-dealkylation sites (tertiary alicyclic amines) is 1. The minimum absolute atomic E-state index is 0.0333. The van der Waals surface area contributed by atoms with Crippen LogP contribution in [0.4, 0.5) is 4.79 Å². The van der Waals surface area contributed by atoms with Crippen LogP contribution in [0, 0.1) is 0 Å². The quantitative estimate of drug-likeness (QED) is 0.0370. The molecule has 5 amide bonds. The molecule has 1 saturated heterocycles. The van der Waals surface area contributed by atoms with Gasteiger partial charge in [0.25, 0.3) is 0 Å². The highest BCUT2D eigenvalue weighted by Gasteiger charge is 2.40. The number of rotatable bonds is 23. The molecular weight excluding hydrogens is 764 g/mol. The summed E-state index contributed by atoms with van der Waals surface area (Å²) in [5.74, 6) is -8.59. The molecule has 0 bridgehead atoms. The predicted octanol–water partition coefficient (Wildman–Crippen LogP) is -0.969. The molecule has 0 saturated carbocycles. The van der Waals surface area contributed by atoms with Gasteiger partial charge in [-0.05, 0) is 36.8 Å². The van der Waals surface area contributed by atoms with E-state index in [1.807, 2.05) is 0 Å². The van der Waals surface area contributed by atoms with Crippen LogP contribution in [0.25, 0.3) is 0 Å². The molecule has 314 valence electrons. The van der Waals surface area contributed by atoms with Crippen LogP contribution in [0.5, 0.6) is 0 Å². The molecule has 1 aliphatic heterocycles. The smallest absolute Gasteiger partial charge is 0.408 e. The fraction of sp³-hybridized carbons (Fsp3) is 0.432. The molecule has 58 heavy (non-hydrogen) atoms. The van der Waals surface area contributed by atoms with Crippen LogP contribution in [-0.2, 0) is 56.2 Å². The van der Waals surface area contributed by atoms with Crippen LogP contribution in [0.3, 0.4) is 0 Å². The highest BCUT2D eigenvalue weighted by Crippen LogP contribution is 2.20. The molecule has 0 radical (unpaired) electrons. The maximum absolute atomic E-state index is 13.9. The number of hydrogen-bond acceptors (Lipinski definition) is 11. The largest absolute Gasteiger partial charge is 0.481 e. The van der Waals surface area contributed by atoms with E-state index in [1.165, 1.54) is 0 Å². The molecule has 1 aliphatic rings. The first-order valence-corrected chi connectivity index (χ1v) is 18.2. The van der Waals surface area contributed by atoms with E-state index in [2.05, 4.69) is 26.3 Å². The number of guanidine groups is 1. The molecular formula is C37H48N8O13. The van der Waals surface area contributed by atoms with Gasteiger partial charge in [-0.15, -0.1) is 0 Å². The Morgan fingerprint density at radius 3 is 1.90 bits per heavy atom. The summed E-state index contributed by atoms with van der Waals surface area (Å²) in [6.45, 7) is -0.756. The van der Waals surface area contributed by atoms with Crippen molar-refractivity contribution in [3.8, 4) is 0 Å². The molecule has 5 atom stereocenters. The van der Waals surface area contributed by atoms with Crippen LogP contribution < -0.4 is 32.7 Å². The monoisotopic (exact) mass is 812 g/mol. The van der Waals surface area contributed by atoms with E-state index in [0.717, 1.165) is 4.90 Å². The van der Waals surface area contributed by atoms with Crippen molar-refractivity contribution in [2.45, 2.75) is 81.9 Å². The minimum atomic E-state index is -1.79. The van der Waals surface area contributed by atoms with Crippen molar-refractivity contribution in [3.05, 3.63) is 71.8 Å². The number of nitrogens with one attached hydrogen (secondary N) is 4. The molecule has 21 heteroatoms. The predicted molar refractivity (Wildman–Crippen MR) is 202 cm³/mol. The topological polar surface area (TPSA) is 331 Å². The fourth-order valence-electron chi connectivity index (χ4n) is 5.79. The number of alkyl carbamates (subject to hydrolysis) is 1. The first-order chi connectivity index (χ1) is 27.6. The third-order valence-corrected chi connectivity index (χ3v) is 8.62. The Kier molecular flexibility index (Phi) is 18.4. The number of carboxylic acid groups (broad SMARTS) is 3. The zero-order valence-electron chi connectivity index (χ0n) is 31.4. The molecule has 1 fully saturated rings. The summed E-state index contributed by atoms with van der Waals surface area (Å²) in [6.07, 6.45) is -2.48. The lowest BCUT2D eigenvalue weighted by Crippen LogP contribution is -2.60. The van der Waals surface area contributed by atoms with Gasteiger partial charge in [-0.3, -0.25) is 33.8 Å². The summed E-state index contributed by atoms with van der Waals surface area (Å²) >= 11 is 0. The van der Waals surface area contributed by atoms with Gasteiger partial charge >= 0.3 is 24.0 Å². The van der Waals surface area contributed by atoms with Crippen molar-refractivity contribution in [3.63, 3.8) is 0 Å². The molecule has 2 aromatic carbocycles. The summed E-state index contributed by atoms with van der Waals surface area (Å²) in [5.41, 5.74) is 11.9. The number of aliphatic imine (C=N–C) groups is 1. The second-order valence-corrected chi connectivity index (χ2v) is 13.1. The van der Waals surface area contributed by atoms with Gasteiger partial charge in [0.2, 0.25) is 23.6 Å². The van der Waals surface area contributed by atoms with Crippen LogP contribution in [0.2, 0.25) is 0 Å². The number of nitrogens with zero attached hydrogens (tertiary/aromatic N) is 2. The van der Waals surface area contributed by atoms with Crippen molar-refractivity contribution >= 4 is 53.6 Å². The van der Waals surface area contributed by atoms with Gasteiger partial charge in [0.1, 0.15) is 36.8 Å². The second-order valence-electron chi connectivity index (χ2n) is 13.1. The standard InChI is InChI=1S/C37H48N8O13/c38-36(39)40-15-7-13-24(35(54)55)41-33(52)28-14-8-16-45(28)34(53)26(18-30(48)49)42-32(51)27(21-57-19-22-9-3-1-4-10-22)43-31(50)25(17-29(46)47)44-37(56)58-20-23-11-5-2-6-12-23/h1-6,9-12,24-28H,7-8,13-21H2,(H,41,52)(H,42,51)(H,43,50)(H,44,56)(H,46,47)(H,48,49)(H,54,55)(H4,38,39,40)/t24-,25-,26-,27-,28-/m0/s1. The molecule has 11 N–H and O–H groups in total. The summed E-state index contributed by atoms with van der Waals surface area (Å²) in [4.78, 5) is 107. The molecule has 0 aromatic heterocycles. The Hall–Kier alpha value is -6.77. The average molecular weight is 813 g/mol. The SMILES string of the molecule is NC(N)=NCCC[C@H](NC(=O)[C@@H]1CCCN1C(=O)[C@H](CC(=O)O)NC(=O)[C@H](COCc1ccccc1)NC(=O)[C@H](CC(=O)O)NC(=O)OCc1ccccc1)C(=O)O. The fourth-order valence-corrected chi connectivity index (χ4v) is 5.79. The first kappa shape index (κ1) is 45.6. The Labute approximate surface area is 332 Å². The number of carbonyl (C=O) groups is 8. The second kappa shape index (κ2) is 23.3. The van der Waals surface area contributed by atoms with Crippen LogP contribution in [0.15, 0.2) is 65.7 Å². The van der Waals surface area contributed by atoms with Gasteiger partial charge in [-0.25, -0.2) is 9.59 Å². The minimum Gasteiger partial charge on any atom is -0.481 e. The summed E-state index contributed by atoms with van der Waals surface area (Å²) in [7, 11) is 0. The van der Waals surface area contributed by atoms with Crippen LogP contribution in [-0.4, -0.2) is 124 Å². The third kappa shape index (κ3) is 15.8. The van der Waals surface area contributed by atoms with Crippen molar-refractivity contribution in [1.82, 2.24) is 26.2 Å². The van der Waals surface area contributed by atoms with E-state index < -0.39 is 97.3 Å². The van der Waals surface area contributed by atoms with Gasteiger partial charge in [0.15, 0.2) is 5.96 Å². The summed E-state index contributed by atoms with van der Waals surface area (Å²) < 4.78 is 10.8. The summed E-state index contributed by atoms with van der Waals surface area (Å²) in [5, 5.41) is 38.0. The highest BCUT2D eigenvalue weighted by molar-refractivity contribution is 5.98. The lowest BCUT2D eigenvalue weighted by atomic mass is 10.1. The van der Waals surface area contributed by atoms with Gasteiger partial charge in [-0.1, -0.05) is 60.7 Å². The van der Waals surface area contributed by atoms with E-state index in [4.69, 9.17) is 20.9 Å². The Morgan fingerprint density at radius 1 is 0.741 bits per heavy atom. The zero-order chi connectivity index (χ0) is 42.6. The molecule has 0 aliphatic carbocycles. The van der Waals surface area contributed by atoms with Gasteiger partial charge in [0.05, 0.1) is 26.1 Å². The number of nitrogens with two attached hydrogens (primary N) is 2. The Morgan fingerprint density at radius 2 is 1.31 bits per heavy atom. The van der Waals surface area contributed by atoms with Crippen LogP contribution >= 0.6 is 0 Å². The molecule has 0 unspecified atom stereocenters. The van der Waals surface area contributed by atoms with Crippen molar-refractivity contribution < 1.29 is 63.1 Å². The number of aliphatic carboxylic acids is 3. The summed E-state index contributed by atoms with van der Waals surface area (Å²) in [6, 6.07) is 9.36. The number of ether oxygens (including phenoxy) is 2.